The van der Waals surface area contributed by atoms with Gasteiger partial charge in [-0.25, -0.2) is 4.98 Å². The van der Waals surface area contributed by atoms with Crippen molar-refractivity contribution in [3.63, 3.8) is 0 Å². The molecule has 1 aliphatic rings. The first-order valence-corrected chi connectivity index (χ1v) is 4.94. The highest BCUT2D eigenvalue weighted by atomic mass is 16.2. The van der Waals surface area contributed by atoms with E-state index in [9.17, 15) is 9.59 Å². The second kappa shape index (κ2) is 3.81. The molecule has 0 spiro atoms. The quantitative estimate of drug-likeness (QED) is 0.761. The molecule has 1 saturated carbocycles. The van der Waals surface area contributed by atoms with Gasteiger partial charge < -0.3 is 5.32 Å². The smallest absolute Gasteiger partial charge is 0.228 e. The SMILES string of the molecule is CC(=O)c1ccc(NC(=O)C2CC2)nc1. The largest absolute Gasteiger partial charge is 0.310 e. The number of anilines is 1. The molecule has 1 fully saturated rings. The lowest BCUT2D eigenvalue weighted by Crippen LogP contribution is -2.14. The Morgan fingerprint density at radius 1 is 1.40 bits per heavy atom. The molecule has 0 bridgehead atoms. The number of nitrogens with zero attached hydrogens (tertiary/aromatic N) is 1. The summed E-state index contributed by atoms with van der Waals surface area (Å²) in [6, 6.07) is 3.31. The number of amides is 1. The number of rotatable bonds is 3. The van der Waals surface area contributed by atoms with Gasteiger partial charge in [0.1, 0.15) is 5.82 Å². The van der Waals surface area contributed by atoms with Crippen LogP contribution in [0.3, 0.4) is 0 Å². The van der Waals surface area contributed by atoms with Crippen LogP contribution in [0.2, 0.25) is 0 Å². The summed E-state index contributed by atoms with van der Waals surface area (Å²) >= 11 is 0. The molecule has 0 atom stereocenters. The highest BCUT2D eigenvalue weighted by Gasteiger charge is 2.29. The van der Waals surface area contributed by atoms with E-state index in [1.807, 2.05) is 0 Å². The van der Waals surface area contributed by atoms with E-state index in [1.165, 1.54) is 13.1 Å². The topological polar surface area (TPSA) is 59.1 Å². The summed E-state index contributed by atoms with van der Waals surface area (Å²) in [7, 11) is 0. The number of Topliss-reactive ketones (excluding diaryl/α,β-unsaturated/α-hetero) is 1. The molecule has 0 radical (unpaired) electrons. The number of aromatic nitrogens is 1. The molecular formula is C11H12N2O2. The Bertz CT molecular complexity index is 394. The van der Waals surface area contributed by atoms with Crippen molar-refractivity contribution in [1.82, 2.24) is 4.98 Å². The molecular weight excluding hydrogens is 192 g/mol. The van der Waals surface area contributed by atoms with Crippen LogP contribution in [0.1, 0.15) is 30.1 Å². The monoisotopic (exact) mass is 204 g/mol. The van der Waals surface area contributed by atoms with Gasteiger partial charge in [0.2, 0.25) is 5.91 Å². The van der Waals surface area contributed by atoms with Crippen LogP contribution in [0, 0.1) is 5.92 Å². The fraction of sp³-hybridized carbons (Fsp3) is 0.364. The summed E-state index contributed by atoms with van der Waals surface area (Å²) in [6.45, 7) is 1.49. The molecule has 1 aliphatic carbocycles. The zero-order valence-corrected chi connectivity index (χ0v) is 8.49. The lowest BCUT2D eigenvalue weighted by Gasteiger charge is -2.03. The fourth-order valence-corrected chi connectivity index (χ4v) is 1.25. The van der Waals surface area contributed by atoms with Crippen LogP contribution in [0.5, 0.6) is 0 Å². The van der Waals surface area contributed by atoms with Gasteiger partial charge >= 0.3 is 0 Å². The standard InChI is InChI=1S/C11H12N2O2/c1-7(14)9-4-5-10(12-6-9)13-11(15)8-2-3-8/h4-6,8H,2-3H2,1H3,(H,12,13,15). The van der Waals surface area contributed by atoms with Crippen LogP contribution < -0.4 is 5.32 Å². The molecule has 1 aromatic heterocycles. The number of hydrogen-bond donors (Lipinski definition) is 1. The summed E-state index contributed by atoms with van der Waals surface area (Å²) < 4.78 is 0. The first-order chi connectivity index (χ1) is 7.16. The molecule has 15 heavy (non-hydrogen) atoms. The van der Waals surface area contributed by atoms with E-state index in [4.69, 9.17) is 0 Å². The van der Waals surface area contributed by atoms with Gasteiger partial charge in [0.05, 0.1) is 0 Å². The average molecular weight is 204 g/mol. The summed E-state index contributed by atoms with van der Waals surface area (Å²) in [5.41, 5.74) is 0.555. The van der Waals surface area contributed by atoms with Gasteiger partial charge in [-0.05, 0) is 31.9 Å². The predicted octanol–water partition coefficient (Wildman–Crippen LogP) is 1.63. The van der Waals surface area contributed by atoms with E-state index in [2.05, 4.69) is 10.3 Å². The molecule has 0 aromatic carbocycles. The van der Waals surface area contributed by atoms with Gasteiger partial charge in [-0.15, -0.1) is 0 Å². The number of ketones is 1. The Morgan fingerprint density at radius 2 is 2.13 bits per heavy atom. The third kappa shape index (κ3) is 2.40. The zero-order valence-electron chi connectivity index (χ0n) is 8.49. The third-order valence-corrected chi connectivity index (χ3v) is 2.37. The Morgan fingerprint density at radius 3 is 2.60 bits per heavy atom. The van der Waals surface area contributed by atoms with E-state index in [0.717, 1.165) is 12.8 Å². The van der Waals surface area contributed by atoms with Crippen molar-refractivity contribution >= 4 is 17.5 Å². The van der Waals surface area contributed by atoms with Crippen molar-refractivity contribution in [2.75, 3.05) is 5.32 Å². The van der Waals surface area contributed by atoms with Gasteiger partial charge in [0, 0.05) is 17.7 Å². The summed E-state index contributed by atoms with van der Waals surface area (Å²) in [5.74, 6) is 0.678. The minimum Gasteiger partial charge on any atom is -0.310 e. The van der Waals surface area contributed by atoms with Gasteiger partial charge in [-0.1, -0.05) is 0 Å². The number of pyridine rings is 1. The maximum atomic E-state index is 11.4. The highest BCUT2D eigenvalue weighted by Crippen LogP contribution is 2.29. The molecule has 2 rings (SSSR count). The summed E-state index contributed by atoms with van der Waals surface area (Å²) in [6.07, 6.45) is 3.42. The fourth-order valence-electron chi connectivity index (χ4n) is 1.25. The third-order valence-electron chi connectivity index (χ3n) is 2.37. The summed E-state index contributed by atoms with van der Waals surface area (Å²) in [4.78, 5) is 26.3. The molecule has 1 aromatic rings. The maximum Gasteiger partial charge on any atom is 0.228 e. The van der Waals surface area contributed by atoms with Crippen molar-refractivity contribution in [2.24, 2.45) is 5.92 Å². The van der Waals surface area contributed by atoms with Crippen LogP contribution in [-0.2, 0) is 4.79 Å². The van der Waals surface area contributed by atoms with Crippen LogP contribution in [-0.4, -0.2) is 16.7 Å². The predicted molar refractivity (Wildman–Crippen MR) is 55.6 cm³/mol. The van der Waals surface area contributed by atoms with Crippen molar-refractivity contribution in [3.05, 3.63) is 23.9 Å². The van der Waals surface area contributed by atoms with Gasteiger partial charge in [0.15, 0.2) is 5.78 Å². The van der Waals surface area contributed by atoms with Gasteiger partial charge in [0.25, 0.3) is 0 Å². The van der Waals surface area contributed by atoms with Gasteiger partial charge in [-0.3, -0.25) is 9.59 Å². The second-order valence-corrected chi connectivity index (χ2v) is 3.75. The molecule has 0 saturated heterocycles. The molecule has 4 heteroatoms. The van der Waals surface area contributed by atoms with Gasteiger partial charge in [-0.2, -0.15) is 0 Å². The van der Waals surface area contributed by atoms with Crippen LogP contribution >= 0.6 is 0 Å². The average Bonchev–Trinajstić information content (AvgIpc) is 3.01. The molecule has 4 nitrogen and oxygen atoms in total. The second-order valence-electron chi connectivity index (χ2n) is 3.75. The van der Waals surface area contributed by atoms with Crippen LogP contribution in [0.15, 0.2) is 18.3 Å². The molecule has 1 N–H and O–H groups in total. The van der Waals surface area contributed by atoms with Crippen molar-refractivity contribution in [2.45, 2.75) is 19.8 Å². The van der Waals surface area contributed by atoms with E-state index < -0.39 is 0 Å². The molecule has 0 aliphatic heterocycles. The molecule has 0 unspecified atom stereocenters. The number of nitrogens with one attached hydrogen (secondary N) is 1. The van der Waals surface area contributed by atoms with Crippen molar-refractivity contribution < 1.29 is 9.59 Å². The zero-order chi connectivity index (χ0) is 10.8. The molecule has 1 heterocycles. The van der Waals surface area contributed by atoms with E-state index in [0.29, 0.717) is 11.4 Å². The van der Waals surface area contributed by atoms with Crippen LogP contribution in [0.4, 0.5) is 5.82 Å². The Hall–Kier alpha value is -1.71. The maximum absolute atomic E-state index is 11.4. The lowest BCUT2D eigenvalue weighted by molar-refractivity contribution is -0.117. The first kappa shape index (κ1) is 9.83. The molecule has 78 valence electrons. The Labute approximate surface area is 87.7 Å². The van der Waals surface area contributed by atoms with Crippen molar-refractivity contribution in [1.29, 1.82) is 0 Å². The lowest BCUT2D eigenvalue weighted by atomic mass is 10.2. The van der Waals surface area contributed by atoms with Crippen LogP contribution in [0.25, 0.3) is 0 Å². The Balaban J connectivity index is 2.03. The number of carbonyl (C=O) groups is 2. The van der Waals surface area contributed by atoms with Crippen molar-refractivity contribution in [3.8, 4) is 0 Å². The molecule has 1 amide bonds. The first-order valence-electron chi connectivity index (χ1n) is 4.94. The minimum atomic E-state index is -0.0254. The number of carbonyl (C=O) groups excluding carboxylic acids is 2. The van der Waals surface area contributed by atoms with E-state index >= 15 is 0 Å². The highest BCUT2D eigenvalue weighted by molar-refractivity contribution is 5.95. The summed E-state index contributed by atoms with van der Waals surface area (Å²) in [5, 5.41) is 2.71. The van der Waals surface area contributed by atoms with E-state index in [-0.39, 0.29) is 17.6 Å². The Kier molecular flexibility index (Phi) is 2.49. The normalized spacial score (nSPS) is 14.7. The minimum absolute atomic E-state index is 0.0254. The number of hydrogen-bond acceptors (Lipinski definition) is 3. The van der Waals surface area contributed by atoms with E-state index in [1.54, 1.807) is 12.1 Å².